The van der Waals surface area contributed by atoms with E-state index >= 15 is 0 Å². The molecule has 25 heavy (non-hydrogen) atoms. The lowest BCUT2D eigenvalue weighted by Crippen LogP contribution is -2.41. The van der Waals surface area contributed by atoms with Crippen molar-refractivity contribution < 1.29 is 31.6 Å². The Kier molecular flexibility index (Phi) is 4.14. The van der Waals surface area contributed by atoms with Gasteiger partial charge >= 0.3 is 0 Å². The van der Waals surface area contributed by atoms with Crippen molar-refractivity contribution in [2.75, 3.05) is 17.0 Å². The molecule has 0 unspecified atom stereocenters. The first kappa shape index (κ1) is 17.2. The highest BCUT2D eigenvalue weighted by atomic mass is 32.2. The number of carbonyl (C=O) groups excluding carboxylic acids is 1. The van der Waals surface area contributed by atoms with Crippen LogP contribution in [-0.4, -0.2) is 26.2 Å². The lowest BCUT2D eigenvalue weighted by atomic mass is 10.1. The molecular formula is C14H10F3N3O4S. The van der Waals surface area contributed by atoms with Gasteiger partial charge in [0.2, 0.25) is 10.0 Å². The van der Waals surface area contributed by atoms with Crippen molar-refractivity contribution in [1.82, 2.24) is 4.72 Å². The SMILES string of the molecule is O=C(Nc1cc(F)c(F)c(F)c1)c1ccc2c(c1)S(=O)(=O)NCN2O. The van der Waals surface area contributed by atoms with E-state index in [1.54, 1.807) is 0 Å². The second kappa shape index (κ2) is 6.02. The second-order valence-corrected chi connectivity index (χ2v) is 6.83. The number of fused-ring (bicyclic) bond motifs is 1. The fraction of sp³-hybridized carbons (Fsp3) is 0.0714. The summed E-state index contributed by atoms with van der Waals surface area (Å²) in [6.07, 6.45) is 0. The van der Waals surface area contributed by atoms with E-state index in [2.05, 4.69) is 10.0 Å². The number of nitrogens with one attached hydrogen (secondary N) is 2. The molecule has 1 amide bonds. The van der Waals surface area contributed by atoms with Crippen LogP contribution < -0.4 is 15.1 Å². The highest BCUT2D eigenvalue weighted by Gasteiger charge is 2.28. The summed E-state index contributed by atoms with van der Waals surface area (Å²) >= 11 is 0. The number of halogens is 3. The lowest BCUT2D eigenvalue weighted by Gasteiger charge is -2.26. The van der Waals surface area contributed by atoms with Crippen molar-refractivity contribution in [1.29, 1.82) is 0 Å². The molecule has 0 aromatic heterocycles. The molecule has 0 spiro atoms. The number of hydroxylamine groups is 1. The number of sulfonamides is 1. The highest BCUT2D eigenvalue weighted by molar-refractivity contribution is 7.89. The third-order valence-electron chi connectivity index (χ3n) is 3.44. The molecule has 0 aliphatic carbocycles. The molecule has 0 saturated carbocycles. The van der Waals surface area contributed by atoms with Crippen LogP contribution in [0.25, 0.3) is 0 Å². The minimum Gasteiger partial charge on any atom is -0.322 e. The molecule has 7 nitrogen and oxygen atoms in total. The zero-order valence-electron chi connectivity index (χ0n) is 12.3. The van der Waals surface area contributed by atoms with E-state index in [4.69, 9.17) is 0 Å². The molecule has 1 aliphatic heterocycles. The van der Waals surface area contributed by atoms with Crippen LogP contribution in [0.4, 0.5) is 24.5 Å². The minimum absolute atomic E-state index is 0.0332. The smallest absolute Gasteiger partial charge is 0.255 e. The summed E-state index contributed by atoms with van der Waals surface area (Å²) in [5.41, 5.74) is -0.525. The fourth-order valence-corrected chi connectivity index (χ4v) is 3.40. The summed E-state index contributed by atoms with van der Waals surface area (Å²) in [5, 5.41) is 12.4. The number of nitrogens with zero attached hydrogens (tertiary/aromatic N) is 1. The van der Waals surface area contributed by atoms with Gasteiger partial charge in [-0.05, 0) is 18.2 Å². The molecule has 11 heteroatoms. The van der Waals surface area contributed by atoms with Gasteiger partial charge in [-0.1, -0.05) is 0 Å². The normalized spacial score (nSPS) is 15.6. The largest absolute Gasteiger partial charge is 0.322 e. The second-order valence-electron chi connectivity index (χ2n) is 5.10. The van der Waals surface area contributed by atoms with Crippen molar-refractivity contribution >= 4 is 27.3 Å². The van der Waals surface area contributed by atoms with Crippen molar-refractivity contribution in [3.63, 3.8) is 0 Å². The molecule has 1 heterocycles. The third-order valence-corrected chi connectivity index (χ3v) is 4.85. The number of amides is 1. The first-order chi connectivity index (χ1) is 11.7. The summed E-state index contributed by atoms with van der Waals surface area (Å²) in [6, 6.07) is 4.58. The van der Waals surface area contributed by atoms with E-state index in [9.17, 15) is 31.6 Å². The van der Waals surface area contributed by atoms with E-state index in [-0.39, 0.29) is 28.5 Å². The van der Waals surface area contributed by atoms with Gasteiger partial charge in [0, 0.05) is 23.4 Å². The van der Waals surface area contributed by atoms with Crippen LogP contribution in [-0.2, 0) is 10.0 Å². The van der Waals surface area contributed by atoms with E-state index in [1.165, 1.54) is 12.1 Å². The Morgan fingerprint density at radius 3 is 2.44 bits per heavy atom. The molecule has 0 atom stereocenters. The molecule has 0 fully saturated rings. The number of carbonyl (C=O) groups is 1. The molecule has 0 radical (unpaired) electrons. The van der Waals surface area contributed by atoms with Gasteiger partial charge in [0.25, 0.3) is 5.91 Å². The number of hydrogen-bond donors (Lipinski definition) is 3. The number of rotatable bonds is 2. The molecular weight excluding hydrogens is 363 g/mol. The Morgan fingerprint density at radius 2 is 1.80 bits per heavy atom. The molecule has 3 N–H and O–H groups in total. The van der Waals surface area contributed by atoms with E-state index < -0.39 is 33.4 Å². The summed E-state index contributed by atoms with van der Waals surface area (Å²) in [6.45, 7) is -0.352. The summed E-state index contributed by atoms with van der Waals surface area (Å²) < 4.78 is 65.3. The maximum Gasteiger partial charge on any atom is 0.255 e. The molecule has 1 aliphatic rings. The molecule has 2 aromatic rings. The van der Waals surface area contributed by atoms with Crippen molar-refractivity contribution in [3.05, 3.63) is 53.3 Å². The van der Waals surface area contributed by atoms with Gasteiger partial charge in [0.05, 0.1) is 5.69 Å². The summed E-state index contributed by atoms with van der Waals surface area (Å²) in [5.74, 6) is -5.52. The summed E-state index contributed by atoms with van der Waals surface area (Å²) in [4.78, 5) is 11.8. The topological polar surface area (TPSA) is 98.7 Å². The monoisotopic (exact) mass is 373 g/mol. The number of hydrogen-bond acceptors (Lipinski definition) is 5. The van der Waals surface area contributed by atoms with Gasteiger partial charge in [0.15, 0.2) is 17.5 Å². The van der Waals surface area contributed by atoms with Crippen molar-refractivity contribution in [2.45, 2.75) is 4.90 Å². The lowest BCUT2D eigenvalue weighted by molar-refractivity contribution is 0.102. The van der Waals surface area contributed by atoms with Crippen LogP contribution in [0.1, 0.15) is 10.4 Å². The van der Waals surface area contributed by atoms with Gasteiger partial charge < -0.3 is 5.32 Å². The van der Waals surface area contributed by atoms with Crippen LogP contribution in [0.5, 0.6) is 0 Å². The van der Waals surface area contributed by atoms with Gasteiger partial charge in [0.1, 0.15) is 11.6 Å². The molecule has 3 rings (SSSR count). The maximum atomic E-state index is 13.2. The van der Waals surface area contributed by atoms with E-state index in [1.807, 2.05) is 0 Å². The highest BCUT2D eigenvalue weighted by Crippen LogP contribution is 2.28. The average molecular weight is 373 g/mol. The number of anilines is 2. The molecule has 0 saturated heterocycles. The fourth-order valence-electron chi connectivity index (χ4n) is 2.22. The Labute approximate surface area is 139 Å². The predicted molar refractivity (Wildman–Crippen MR) is 80.2 cm³/mol. The Balaban J connectivity index is 1.94. The Bertz CT molecular complexity index is 958. The van der Waals surface area contributed by atoms with Crippen LogP contribution in [0.2, 0.25) is 0 Å². The Hall–Kier alpha value is -2.63. The zero-order valence-corrected chi connectivity index (χ0v) is 13.1. The van der Waals surface area contributed by atoms with Crippen LogP contribution in [0.15, 0.2) is 35.2 Å². The first-order valence-electron chi connectivity index (χ1n) is 6.75. The first-order valence-corrected chi connectivity index (χ1v) is 8.23. The maximum absolute atomic E-state index is 13.2. The standard InChI is InChI=1S/C14H10F3N3O4S/c15-9-4-8(5-10(16)13(9)17)19-14(21)7-1-2-11-12(3-7)25(23,24)18-6-20(11)22/h1-5,18,22H,6H2,(H,19,21). The average Bonchev–Trinajstić information content (AvgIpc) is 2.56. The Morgan fingerprint density at radius 1 is 1.16 bits per heavy atom. The van der Waals surface area contributed by atoms with Crippen LogP contribution in [0, 0.1) is 17.5 Å². The van der Waals surface area contributed by atoms with Crippen LogP contribution in [0.3, 0.4) is 0 Å². The van der Waals surface area contributed by atoms with Gasteiger partial charge in [-0.25, -0.2) is 26.7 Å². The van der Waals surface area contributed by atoms with Gasteiger partial charge in [-0.3, -0.25) is 10.0 Å². The third kappa shape index (κ3) is 3.16. The molecule has 132 valence electrons. The predicted octanol–water partition coefficient (Wildman–Crippen LogP) is 1.80. The van der Waals surface area contributed by atoms with E-state index in [0.29, 0.717) is 17.2 Å². The quantitative estimate of drug-likeness (QED) is 0.698. The summed E-state index contributed by atoms with van der Waals surface area (Å²) in [7, 11) is -3.92. The zero-order chi connectivity index (χ0) is 18.4. The molecule has 0 bridgehead atoms. The minimum atomic E-state index is -3.92. The van der Waals surface area contributed by atoms with Crippen LogP contribution >= 0.6 is 0 Å². The van der Waals surface area contributed by atoms with Gasteiger partial charge in [-0.2, -0.15) is 4.72 Å². The van der Waals surface area contributed by atoms with Crippen molar-refractivity contribution in [2.24, 2.45) is 0 Å². The van der Waals surface area contributed by atoms with Gasteiger partial charge in [-0.15, -0.1) is 0 Å². The van der Waals surface area contributed by atoms with E-state index in [0.717, 1.165) is 6.07 Å². The molecule has 2 aromatic carbocycles. The van der Waals surface area contributed by atoms with Crippen molar-refractivity contribution in [3.8, 4) is 0 Å². The number of benzene rings is 2.